The molecule has 6 nitrogen and oxygen atoms in total. The van der Waals surface area contributed by atoms with Crippen molar-refractivity contribution in [3.05, 3.63) is 34.8 Å². The van der Waals surface area contributed by atoms with E-state index >= 15 is 0 Å². The number of sulfone groups is 1. The number of nitrogen functional groups attached to an aromatic ring is 1. The van der Waals surface area contributed by atoms with Crippen LogP contribution in [0.3, 0.4) is 0 Å². The third kappa shape index (κ3) is 2.54. The van der Waals surface area contributed by atoms with Crippen molar-refractivity contribution in [1.29, 1.82) is 0 Å². The highest BCUT2D eigenvalue weighted by Gasteiger charge is 2.21. The zero-order valence-electron chi connectivity index (χ0n) is 9.54. The molecule has 0 fully saturated rings. The molecule has 1 aromatic carbocycles. The molecule has 2 N–H and O–H groups in total. The molecule has 0 spiro atoms. The van der Waals surface area contributed by atoms with Gasteiger partial charge in [-0.25, -0.2) is 13.4 Å². The van der Waals surface area contributed by atoms with Gasteiger partial charge in [0.25, 0.3) is 0 Å². The number of benzene rings is 1. The lowest BCUT2D eigenvalue weighted by Gasteiger charge is -2.07. The molecule has 2 rings (SSSR count). The van der Waals surface area contributed by atoms with Gasteiger partial charge in [0, 0.05) is 11.5 Å². The number of hydrogen-bond acceptors (Lipinski definition) is 5. The Morgan fingerprint density at radius 3 is 2.78 bits per heavy atom. The molecule has 1 heterocycles. The van der Waals surface area contributed by atoms with E-state index in [9.17, 15) is 8.42 Å². The Balaban J connectivity index is 2.43. The summed E-state index contributed by atoms with van der Waals surface area (Å²) in [5, 5.41) is 3.84. The van der Waals surface area contributed by atoms with Crippen LogP contribution in [-0.2, 0) is 22.6 Å². The van der Waals surface area contributed by atoms with Crippen LogP contribution in [-0.4, -0.2) is 23.2 Å². The maximum Gasteiger partial charge on any atom is 0.187 e. The van der Waals surface area contributed by atoms with Gasteiger partial charge in [-0.2, -0.15) is 5.10 Å². The van der Waals surface area contributed by atoms with Crippen molar-refractivity contribution in [1.82, 2.24) is 14.8 Å². The van der Waals surface area contributed by atoms with Crippen molar-refractivity contribution in [3.8, 4) is 0 Å². The molecule has 0 saturated heterocycles. The standard InChI is InChI=1S/C10H11BrN4O2S/c1-15-10(13-6-14-15)5-18(16,17)9-4-7(11)2-3-8(9)12/h2-4,6H,5,12H2,1H3. The van der Waals surface area contributed by atoms with E-state index in [1.165, 1.54) is 17.1 Å². The zero-order chi connectivity index (χ0) is 13.3. The number of hydrogen-bond donors (Lipinski definition) is 1. The predicted molar refractivity (Wildman–Crippen MR) is 70.4 cm³/mol. The van der Waals surface area contributed by atoms with Crippen molar-refractivity contribution in [3.63, 3.8) is 0 Å². The van der Waals surface area contributed by atoms with Gasteiger partial charge in [-0.1, -0.05) is 15.9 Å². The van der Waals surface area contributed by atoms with E-state index in [1.54, 1.807) is 19.2 Å². The number of nitrogens with two attached hydrogens (primary N) is 1. The minimum absolute atomic E-state index is 0.0971. The molecule has 0 aliphatic heterocycles. The van der Waals surface area contributed by atoms with Crippen molar-refractivity contribution in [2.75, 3.05) is 5.73 Å². The fourth-order valence-electron chi connectivity index (χ4n) is 1.48. The summed E-state index contributed by atoms with van der Waals surface area (Å²) in [5.41, 5.74) is 5.92. The highest BCUT2D eigenvalue weighted by atomic mass is 79.9. The highest BCUT2D eigenvalue weighted by Crippen LogP contribution is 2.25. The van der Waals surface area contributed by atoms with E-state index in [4.69, 9.17) is 5.73 Å². The SMILES string of the molecule is Cn1ncnc1CS(=O)(=O)c1cc(Br)ccc1N. The molecule has 2 aromatic rings. The molecule has 1 aromatic heterocycles. The second-order valence-electron chi connectivity index (χ2n) is 3.74. The zero-order valence-corrected chi connectivity index (χ0v) is 11.9. The number of aryl methyl sites for hydroxylation is 1. The number of rotatable bonds is 3. The summed E-state index contributed by atoms with van der Waals surface area (Å²) in [5.74, 6) is 0.138. The van der Waals surface area contributed by atoms with Gasteiger partial charge in [0.2, 0.25) is 0 Å². The molecule has 0 atom stereocenters. The molecule has 0 saturated carbocycles. The largest absolute Gasteiger partial charge is 0.398 e. The van der Waals surface area contributed by atoms with Crippen molar-refractivity contribution in [2.24, 2.45) is 7.05 Å². The van der Waals surface area contributed by atoms with Gasteiger partial charge in [0.05, 0.1) is 10.6 Å². The Labute approximate surface area is 113 Å². The van der Waals surface area contributed by atoms with Crippen LogP contribution < -0.4 is 5.73 Å². The van der Waals surface area contributed by atoms with Crippen molar-refractivity contribution < 1.29 is 8.42 Å². The fourth-order valence-corrected chi connectivity index (χ4v) is 3.48. The Morgan fingerprint density at radius 2 is 2.17 bits per heavy atom. The molecule has 0 aliphatic carbocycles. The lowest BCUT2D eigenvalue weighted by Crippen LogP contribution is -2.11. The van der Waals surface area contributed by atoms with Gasteiger partial charge in [0.15, 0.2) is 9.84 Å². The summed E-state index contributed by atoms with van der Waals surface area (Å²) in [6.45, 7) is 0. The first-order chi connectivity index (χ1) is 8.40. The molecule has 0 amide bonds. The van der Waals surface area contributed by atoms with Gasteiger partial charge in [0.1, 0.15) is 17.9 Å². The van der Waals surface area contributed by atoms with Crippen LogP contribution in [0.25, 0.3) is 0 Å². The Bertz CT molecular complexity index is 681. The van der Waals surface area contributed by atoms with Crippen LogP contribution in [0.1, 0.15) is 5.82 Å². The van der Waals surface area contributed by atoms with Crippen LogP contribution in [0.2, 0.25) is 0 Å². The lowest BCUT2D eigenvalue weighted by molar-refractivity contribution is 0.591. The average Bonchev–Trinajstić information content (AvgIpc) is 2.67. The van der Waals surface area contributed by atoms with Gasteiger partial charge in [-0.05, 0) is 18.2 Å². The first-order valence-electron chi connectivity index (χ1n) is 5.01. The first-order valence-corrected chi connectivity index (χ1v) is 7.45. The number of anilines is 1. The second-order valence-corrected chi connectivity index (χ2v) is 6.61. The number of aromatic nitrogens is 3. The summed E-state index contributed by atoms with van der Waals surface area (Å²) in [4.78, 5) is 4.00. The Morgan fingerprint density at radius 1 is 1.44 bits per heavy atom. The lowest BCUT2D eigenvalue weighted by atomic mass is 10.3. The summed E-state index contributed by atoms with van der Waals surface area (Å²) in [6, 6.07) is 4.73. The van der Waals surface area contributed by atoms with Gasteiger partial charge < -0.3 is 5.73 Å². The summed E-state index contributed by atoms with van der Waals surface area (Å²) < 4.78 is 26.6. The van der Waals surface area contributed by atoms with E-state index in [2.05, 4.69) is 26.0 Å². The molecule has 0 bridgehead atoms. The van der Waals surface area contributed by atoms with Crippen LogP contribution >= 0.6 is 15.9 Å². The molecule has 0 radical (unpaired) electrons. The second kappa shape index (κ2) is 4.69. The summed E-state index contributed by atoms with van der Waals surface area (Å²) >= 11 is 3.23. The minimum atomic E-state index is -3.54. The number of halogens is 1. The molecule has 96 valence electrons. The van der Waals surface area contributed by atoms with Crippen LogP contribution in [0.15, 0.2) is 33.9 Å². The quantitative estimate of drug-likeness (QED) is 0.852. The van der Waals surface area contributed by atoms with Gasteiger partial charge in [-0.3, -0.25) is 4.68 Å². The normalized spacial score (nSPS) is 11.7. The van der Waals surface area contributed by atoms with Crippen LogP contribution in [0.5, 0.6) is 0 Å². The highest BCUT2D eigenvalue weighted by molar-refractivity contribution is 9.10. The van der Waals surface area contributed by atoms with E-state index in [0.29, 0.717) is 10.3 Å². The van der Waals surface area contributed by atoms with Gasteiger partial charge >= 0.3 is 0 Å². The first kappa shape index (κ1) is 13.0. The van der Waals surface area contributed by atoms with E-state index in [0.717, 1.165) is 0 Å². The Hall–Kier alpha value is -1.41. The van der Waals surface area contributed by atoms with E-state index in [-0.39, 0.29) is 16.3 Å². The molecular weight excluding hydrogens is 320 g/mol. The van der Waals surface area contributed by atoms with Gasteiger partial charge in [-0.15, -0.1) is 0 Å². The Kier molecular flexibility index (Phi) is 3.40. The maximum atomic E-state index is 12.2. The summed E-state index contributed by atoms with van der Waals surface area (Å²) in [6.07, 6.45) is 1.31. The molecule has 8 heteroatoms. The predicted octanol–water partition coefficient (Wildman–Crippen LogP) is 1.13. The third-order valence-electron chi connectivity index (χ3n) is 2.43. The molecule has 0 aliphatic rings. The minimum Gasteiger partial charge on any atom is -0.398 e. The monoisotopic (exact) mass is 330 g/mol. The van der Waals surface area contributed by atoms with Crippen molar-refractivity contribution >= 4 is 31.5 Å². The number of nitrogens with zero attached hydrogens (tertiary/aromatic N) is 3. The molecule has 18 heavy (non-hydrogen) atoms. The van der Waals surface area contributed by atoms with E-state index < -0.39 is 9.84 Å². The van der Waals surface area contributed by atoms with Crippen LogP contribution in [0.4, 0.5) is 5.69 Å². The van der Waals surface area contributed by atoms with E-state index in [1.807, 2.05) is 0 Å². The fraction of sp³-hybridized carbons (Fsp3) is 0.200. The van der Waals surface area contributed by atoms with Crippen molar-refractivity contribution in [2.45, 2.75) is 10.6 Å². The average molecular weight is 331 g/mol. The van der Waals surface area contributed by atoms with Crippen LogP contribution in [0, 0.1) is 0 Å². The summed E-state index contributed by atoms with van der Waals surface area (Å²) in [7, 11) is -1.90. The third-order valence-corrected chi connectivity index (χ3v) is 4.59. The molecule has 0 unspecified atom stereocenters. The maximum absolute atomic E-state index is 12.2. The molecular formula is C10H11BrN4O2S. The topological polar surface area (TPSA) is 90.9 Å². The smallest absolute Gasteiger partial charge is 0.187 e.